The number of halogens is 1. The maximum Gasteiger partial charge on any atom is 0.321 e. The van der Waals surface area contributed by atoms with Crippen LogP contribution < -0.4 is 5.32 Å². The third-order valence-corrected chi connectivity index (χ3v) is 3.52. The number of thioether (sulfide) groups is 1. The van der Waals surface area contributed by atoms with E-state index in [1.165, 1.54) is 17.8 Å². The van der Waals surface area contributed by atoms with Gasteiger partial charge in [0.1, 0.15) is 11.9 Å². The van der Waals surface area contributed by atoms with E-state index in [4.69, 9.17) is 5.11 Å². The Balaban J connectivity index is 2.14. The molecule has 1 aromatic rings. The van der Waals surface area contributed by atoms with Gasteiger partial charge < -0.3 is 5.11 Å². The van der Waals surface area contributed by atoms with Crippen LogP contribution in [0.5, 0.6) is 0 Å². The first kappa shape index (κ1) is 10.4. The normalized spacial score (nSPS) is 25.4. The van der Waals surface area contributed by atoms with Crippen molar-refractivity contribution in [2.24, 2.45) is 0 Å². The maximum atomic E-state index is 13.4. The van der Waals surface area contributed by atoms with E-state index in [-0.39, 0.29) is 11.2 Å². The number of hydrogen-bond acceptors (Lipinski definition) is 3. The van der Waals surface area contributed by atoms with Crippen molar-refractivity contribution in [2.45, 2.75) is 11.4 Å². The number of hydrogen-bond donors (Lipinski definition) is 2. The molecule has 3 nitrogen and oxygen atoms in total. The Morgan fingerprint density at radius 3 is 2.87 bits per heavy atom. The highest BCUT2D eigenvalue weighted by molar-refractivity contribution is 7.99. The number of carboxylic acids is 1. The van der Waals surface area contributed by atoms with Crippen molar-refractivity contribution >= 4 is 17.7 Å². The first-order chi connectivity index (χ1) is 7.18. The van der Waals surface area contributed by atoms with Crippen LogP contribution in [0.15, 0.2) is 24.3 Å². The van der Waals surface area contributed by atoms with Crippen LogP contribution in [0.3, 0.4) is 0 Å². The third-order valence-electron chi connectivity index (χ3n) is 2.27. The number of nitrogens with one attached hydrogen (secondary N) is 1. The van der Waals surface area contributed by atoms with Crippen LogP contribution in [0.2, 0.25) is 0 Å². The summed E-state index contributed by atoms with van der Waals surface area (Å²) < 4.78 is 13.4. The minimum Gasteiger partial charge on any atom is -0.480 e. The summed E-state index contributed by atoms with van der Waals surface area (Å²) in [6.07, 6.45) is 0. The number of benzene rings is 1. The lowest BCUT2D eigenvalue weighted by Gasteiger charge is -2.11. The lowest BCUT2D eigenvalue weighted by atomic mass is 10.2. The summed E-state index contributed by atoms with van der Waals surface area (Å²) in [5.41, 5.74) is 0.520. The number of aliphatic carboxylic acids is 1. The molecule has 80 valence electrons. The van der Waals surface area contributed by atoms with Crippen molar-refractivity contribution in [1.29, 1.82) is 0 Å². The van der Waals surface area contributed by atoms with Gasteiger partial charge in [-0.15, -0.1) is 11.8 Å². The molecule has 0 saturated carbocycles. The van der Waals surface area contributed by atoms with Gasteiger partial charge in [-0.05, 0) is 6.07 Å². The molecule has 0 radical (unpaired) electrons. The van der Waals surface area contributed by atoms with Crippen LogP contribution in [-0.2, 0) is 4.79 Å². The molecule has 0 unspecified atom stereocenters. The quantitative estimate of drug-likeness (QED) is 0.806. The lowest BCUT2D eigenvalue weighted by Crippen LogP contribution is -2.33. The SMILES string of the molecule is O=C(O)[C@H]1CS[C@@H](c2ccccc2F)N1. The molecule has 2 atom stereocenters. The summed E-state index contributed by atoms with van der Waals surface area (Å²) in [5, 5.41) is 11.4. The van der Waals surface area contributed by atoms with Crippen molar-refractivity contribution in [2.75, 3.05) is 5.75 Å². The summed E-state index contributed by atoms with van der Waals surface area (Å²) in [6.45, 7) is 0. The van der Waals surface area contributed by atoms with Crippen LogP contribution in [0.25, 0.3) is 0 Å². The van der Waals surface area contributed by atoms with Gasteiger partial charge in [0.25, 0.3) is 0 Å². The van der Waals surface area contributed by atoms with E-state index in [1.807, 2.05) is 0 Å². The monoisotopic (exact) mass is 227 g/mol. The fourth-order valence-corrected chi connectivity index (χ4v) is 2.74. The number of rotatable bonds is 2. The fraction of sp³-hybridized carbons (Fsp3) is 0.300. The number of carbonyl (C=O) groups is 1. The summed E-state index contributed by atoms with van der Waals surface area (Å²) >= 11 is 1.41. The van der Waals surface area contributed by atoms with E-state index in [1.54, 1.807) is 18.2 Å². The second kappa shape index (κ2) is 4.20. The molecule has 0 spiro atoms. The topological polar surface area (TPSA) is 49.3 Å². The van der Waals surface area contributed by atoms with Crippen LogP contribution in [0, 0.1) is 5.82 Å². The van der Waals surface area contributed by atoms with Crippen molar-refractivity contribution in [3.05, 3.63) is 35.6 Å². The minimum atomic E-state index is -0.888. The molecule has 1 heterocycles. The van der Waals surface area contributed by atoms with Gasteiger partial charge >= 0.3 is 5.97 Å². The molecule has 15 heavy (non-hydrogen) atoms. The van der Waals surface area contributed by atoms with Crippen LogP contribution in [0.4, 0.5) is 4.39 Å². The molecule has 1 saturated heterocycles. The average molecular weight is 227 g/mol. The predicted octanol–water partition coefficient (Wildman–Crippen LogP) is 1.61. The molecular formula is C10H10FNO2S. The smallest absolute Gasteiger partial charge is 0.321 e. The molecular weight excluding hydrogens is 217 g/mol. The van der Waals surface area contributed by atoms with Gasteiger partial charge in [-0.1, -0.05) is 18.2 Å². The Kier molecular flexibility index (Phi) is 2.93. The Morgan fingerprint density at radius 1 is 1.53 bits per heavy atom. The van der Waals surface area contributed by atoms with Gasteiger partial charge in [0.2, 0.25) is 0 Å². The molecule has 1 aliphatic heterocycles. The molecule has 0 aromatic heterocycles. The molecule has 5 heteroatoms. The molecule has 1 aromatic carbocycles. The first-order valence-electron chi connectivity index (χ1n) is 4.53. The van der Waals surface area contributed by atoms with Crippen LogP contribution in [-0.4, -0.2) is 22.9 Å². The van der Waals surface area contributed by atoms with Gasteiger partial charge in [-0.25, -0.2) is 4.39 Å². The van der Waals surface area contributed by atoms with Gasteiger partial charge in [-0.3, -0.25) is 10.1 Å². The predicted molar refractivity (Wildman–Crippen MR) is 56.2 cm³/mol. The zero-order valence-corrected chi connectivity index (χ0v) is 8.63. The van der Waals surface area contributed by atoms with E-state index in [0.717, 1.165) is 0 Å². The van der Waals surface area contributed by atoms with Gasteiger partial charge in [0.15, 0.2) is 0 Å². The molecule has 0 bridgehead atoms. The van der Waals surface area contributed by atoms with E-state index < -0.39 is 12.0 Å². The largest absolute Gasteiger partial charge is 0.480 e. The lowest BCUT2D eigenvalue weighted by molar-refractivity contribution is -0.138. The molecule has 0 aliphatic carbocycles. The van der Waals surface area contributed by atoms with Crippen molar-refractivity contribution in [1.82, 2.24) is 5.32 Å². The summed E-state index contributed by atoms with van der Waals surface area (Å²) in [5.74, 6) is -0.719. The molecule has 2 N–H and O–H groups in total. The molecule has 0 amide bonds. The van der Waals surface area contributed by atoms with E-state index >= 15 is 0 Å². The number of carboxylic acid groups (broad SMARTS) is 1. The maximum absolute atomic E-state index is 13.4. The minimum absolute atomic E-state index is 0.257. The Labute approximate surface area is 90.7 Å². The van der Waals surface area contributed by atoms with E-state index in [0.29, 0.717) is 11.3 Å². The third kappa shape index (κ3) is 2.13. The fourth-order valence-electron chi connectivity index (χ4n) is 1.48. The van der Waals surface area contributed by atoms with Gasteiger partial charge in [-0.2, -0.15) is 0 Å². The Hall–Kier alpha value is -1.07. The average Bonchev–Trinajstić information content (AvgIpc) is 2.67. The molecule has 2 rings (SSSR count). The van der Waals surface area contributed by atoms with Crippen LogP contribution >= 0.6 is 11.8 Å². The van der Waals surface area contributed by atoms with Crippen molar-refractivity contribution in [3.8, 4) is 0 Å². The highest BCUT2D eigenvalue weighted by atomic mass is 32.2. The zero-order valence-electron chi connectivity index (χ0n) is 7.81. The summed E-state index contributed by atoms with van der Waals surface area (Å²) in [6, 6.07) is 5.83. The van der Waals surface area contributed by atoms with Crippen molar-refractivity contribution in [3.63, 3.8) is 0 Å². The van der Waals surface area contributed by atoms with E-state index in [2.05, 4.69) is 5.32 Å². The second-order valence-corrected chi connectivity index (χ2v) is 4.43. The van der Waals surface area contributed by atoms with Crippen LogP contribution in [0.1, 0.15) is 10.9 Å². The molecule has 1 fully saturated rings. The highest BCUT2D eigenvalue weighted by Crippen LogP contribution is 2.33. The van der Waals surface area contributed by atoms with Gasteiger partial charge in [0, 0.05) is 11.3 Å². The summed E-state index contributed by atoms with van der Waals surface area (Å²) in [7, 11) is 0. The van der Waals surface area contributed by atoms with Crippen molar-refractivity contribution < 1.29 is 14.3 Å². The standard InChI is InChI=1S/C10H10FNO2S/c11-7-4-2-1-3-6(7)9-12-8(5-15-9)10(13)14/h1-4,8-9,12H,5H2,(H,13,14)/t8-,9+/m1/s1. The Morgan fingerprint density at radius 2 is 2.27 bits per heavy atom. The second-order valence-electron chi connectivity index (χ2n) is 3.29. The first-order valence-corrected chi connectivity index (χ1v) is 5.58. The Bertz CT molecular complexity index is 385. The zero-order chi connectivity index (χ0) is 10.8. The molecule has 1 aliphatic rings. The van der Waals surface area contributed by atoms with Gasteiger partial charge in [0.05, 0.1) is 5.37 Å². The van der Waals surface area contributed by atoms with E-state index in [9.17, 15) is 9.18 Å². The highest BCUT2D eigenvalue weighted by Gasteiger charge is 2.31. The summed E-state index contributed by atoms with van der Waals surface area (Å²) in [4.78, 5) is 10.7.